The number of nitrogens with one attached hydrogen (secondary N) is 1. The molecule has 2 heterocycles. The van der Waals surface area contributed by atoms with Crippen LogP contribution in [0.25, 0.3) is 0 Å². The van der Waals surface area contributed by atoms with Gasteiger partial charge in [0.2, 0.25) is 0 Å². The van der Waals surface area contributed by atoms with E-state index in [9.17, 15) is 4.39 Å². The average molecular weight is 295 g/mol. The van der Waals surface area contributed by atoms with Gasteiger partial charge in [-0.3, -0.25) is 4.68 Å². The van der Waals surface area contributed by atoms with E-state index in [2.05, 4.69) is 33.0 Å². The van der Waals surface area contributed by atoms with Crippen molar-refractivity contribution in [1.29, 1.82) is 0 Å². The Hall–Kier alpha value is -0.170. The van der Waals surface area contributed by atoms with Gasteiger partial charge in [-0.05, 0) is 35.6 Å². The highest BCUT2D eigenvalue weighted by Crippen LogP contribution is 2.21. The molecular formula is C8H11FIN3. The predicted molar refractivity (Wildman–Crippen MR) is 56.4 cm³/mol. The molecule has 0 aliphatic carbocycles. The number of aromatic nitrogens is 2. The van der Waals surface area contributed by atoms with Crippen molar-refractivity contribution in [2.45, 2.75) is 18.6 Å². The summed E-state index contributed by atoms with van der Waals surface area (Å²) in [5, 5.41) is 7.15. The number of hydrogen-bond acceptors (Lipinski definition) is 2. The summed E-state index contributed by atoms with van der Waals surface area (Å²) in [4.78, 5) is 0. The summed E-state index contributed by atoms with van der Waals surface area (Å²) in [6.45, 7) is 1.32. The fourth-order valence-corrected chi connectivity index (χ4v) is 2.01. The zero-order valence-corrected chi connectivity index (χ0v) is 9.24. The van der Waals surface area contributed by atoms with Crippen molar-refractivity contribution in [2.24, 2.45) is 0 Å². The fraction of sp³-hybridized carbons (Fsp3) is 0.625. The smallest absolute Gasteiger partial charge is 0.135 e. The third-order valence-corrected chi connectivity index (χ3v) is 2.84. The Kier molecular flexibility index (Phi) is 2.83. The molecule has 1 saturated heterocycles. The summed E-state index contributed by atoms with van der Waals surface area (Å²) >= 11 is 2.18. The van der Waals surface area contributed by atoms with E-state index in [1.807, 2.05) is 6.20 Å². The summed E-state index contributed by atoms with van der Waals surface area (Å²) < 4.78 is 16.2. The lowest BCUT2D eigenvalue weighted by atomic mass is 10.1. The second-order valence-corrected chi connectivity index (χ2v) is 4.46. The molecule has 1 N–H and O–H groups in total. The first-order valence-electron chi connectivity index (χ1n) is 4.32. The summed E-state index contributed by atoms with van der Waals surface area (Å²) in [7, 11) is 0. The maximum atomic E-state index is 13.4. The van der Waals surface area contributed by atoms with Gasteiger partial charge in [0.15, 0.2) is 0 Å². The first-order chi connectivity index (χ1) is 6.27. The van der Waals surface area contributed by atoms with E-state index < -0.39 is 6.17 Å². The van der Waals surface area contributed by atoms with Gasteiger partial charge in [0, 0.05) is 12.7 Å². The first kappa shape index (κ1) is 9.39. The quantitative estimate of drug-likeness (QED) is 0.793. The van der Waals surface area contributed by atoms with Crippen molar-refractivity contribution in [1.82, 2.24) is 15.1 Å². The molecule has 0 radical (unpaired) electrons. The molecule has 5 heteroatoms. The lowest BCUT2D eigenvalue weighted by Crippen LogP contribution is -2.39. The van der Waals surface area contributed by atoms with Gasteiger partial charge in [-0.1, -0.05) is 0 Å². The molecule has 1 aliphatic heterocycles. The van der Waals surface area contributed by atoms with Crippen molar-refractivity contribution in [2.75, 3.05) is 13.1 Å². The number of piperidine rings is 1. The highest BCUT2D eigenvalue weighted by Gasteiger charge is 2.26. The molecule has 0 spiro atoms. The fourth-order valence-electron chi connectivity index (χ4n) is 1.60. The zero-order valence-electron chi connectivity index (χ0n) is 7.08. The summed E-state index contributed by atoms with van der Waals surface area (Å²) in [6.07, 6.45) is 3.65. The molecule has 1 aromatic rings. The monoisotopic (exact) mass is 295 g/mol. The molecule has 72 valence electrons. The van der Waals surface area contributed by atoms with E-state index in [0.717, 1.165) is 16.5 Å². The van der Waals surface area contributed by atoms with Gasteiger partial charge >= 0.3 is 0 Å². The number of rotatable bonds is 1. The minimum Gasteiger partial charge on any atom is -0.314 e. The molecule has 1 aliphatic rings. The van der Waals surface area contributed by atoms with Crippen LogP contribution in [-0.2, 0) is 0 Å². The van der Waals surface area contributed by atoms with E-state index in [1.54, 1.807) is 10.9 Å². The predicted octanol–water partition coefficient (Wildman–Crippen LogP) is 1.36. The normalized spacial score (nSPS) is 29.1. The highest BCUT2D eigenvalue weighted by molar-refractivity contribution is 14.1. The lowest BCUT2D eigenvalue weighted by Gasteiger charge is -2.26. The van der Waals surface area contributed by atoms with E-state index in [1.165, 1.54) is 0 Å². The van der Waals surface area contributed by atoms with Crippen LogP contribution < -0.4 is 5.32 Å². The largest absolute Gasteiger partial charge is 0.314 e. The molecule has 0 aromatic carbocycles. The van der Waals surface area contributed by atoms with Crippen LogP contribution in [0, 0.1) is 3.57 Å². The van der Waals surface area contributed by atoms with Crippen LogP contribution >= 0.6 is 22.6 Å². The molecule has 0 unspecified atom stereocenters. The maximum absolute atomic E-state index is 13.4. The topological polar surface area (TPSA) is 29.9 Å². The molecule has 1 fully saturated rings. The van der Waals surface area contributed by atoms with Crippen LogP contribution in [0.1, 0.15) is 12.5 Å². The molecule has 1 aromatic heterocycles. The molecule has 3 nitrogen and oxygen atoms in total. The molecule has 0 saturated carbocycles. The zero-order chi connectivity index (χ0) is 9.26. The van der Waals surface area contributed by atoms with E-state index in [4.69, 9.17) is 0 Å². The Morgan fingerprint density at radius 2 is 2.54 bits per heavy atom. The average Bonchev–Trinajstić information content (AvgIpc) is 2.53. The second-order valence-electron chi connectivity index (χ2n) is 3.21. The van der Waals surface area contributed by atoms with Crippen LogP contribution in [0.15, 0.2) is 12.4 Å². The maximum Gasteiger partial charge on any atom is 0.135 e. The van der Waals surface area contributed by atoms with Crippen LogP contribution in [-0.4, -0.2) is 29.0 Å². The molecule has 2 atom stereocenters. The molecular weight excluding hydrogens is 284 g/mol. The van der Waals surface area contributed by atoms with Crippen LogP contribution in [0.3, 0.4) is 0 Å². The number of halogens is 2. The Morgan fingerprint density at radius 3 is 3.15 bits per heavy atom. The van der Waals surface area contributed by atoms with Gasteiger partial charge in [-0.25, -0.2) is 4.39 Å². The molecule has 2 rings (SSSR count). The second kappa shape index (κ2) is 3.91. The summed E-state index contributed by atoms with van der Waals surface area (Å²) in [5.41, 5.74) is 0. The van der Waals surface area contributed by atoms with Gasteiger partial charge in [-0.2, -0.15) is 5.10 Å². The number of hydrogen-bond donors (Lipinski definition) is 1. The summed E-state index contributed by atoms with van der Waals surface area (Å²) in [6, 6.07) is -0.0789. The van der Waals surface area contributed by atoms with E-state index in [-0.39, 0.29) is 6.04 Å². The number of alkyl halides is 1. The van der Waals surface area contributed by atoms with Gasteiger partial charge in [0.1, 0.15) is 6.17 Å². The first-order valence-corrected chi connectivity index (χ1v) is 5.39. The van der Waals surface area contributed by atoms with Crippen LogP contribution in [0.4, 0.5) is 4.39 Å². The van der Waals surface area contributed by atoms with Gasteiger partial charge in [0.25, 0.3) is 0 Å². The van der Waals surface area contributed by atoms with E-state index in [0.29, 0.717) is 6.54 Å². The van der Waals surface area contributed by atoms with Gasteiger partial charge in [-0.15, -0.1) is 0 Å². The van der Waals surface area contributed by atoms with Crippen molar-refractivity contribution in [3.8, 4) is 0 Å². The van der Waals surface area contributed by atoms with Crippen molar-refractivity contribution in [3.05, 3.63) is 16.0 Å². The highest BCUT2D eigenvalue weighted by atomic mass is 127. The van der Waals surface area contributed by atoms with Crippen molar-refractivity contribution >= 4 is 22.6 Å². The van der Waals surface area contributed by atoms with Crippen LogP contribution in [0.5, 0.6) is 0 Å². The molecule has 0 amide bonds. The lowest BCUT2D eigenvalue weighted by molar-refractivity contribution is 0.173. The SMILES string of the molecule is F[C@H]1CNCC[C@@H]1n1cc(I)cn1. The standard InChI is InChI=1S/C8H11FIN3/c9-7-4-11-2-1-8(7)13-5-6(10)3-12-13/h3,5,7-8,11H,1-2,4H2/t7-,8-/m0/s1. The number of nitrogens with zero attached hydrogens (tertiary/aromatic N) is 2. The third-order valence-electron chi connectivity index (χ3n) is 2.28. The van der Waals surface area contributed by atoms with Crippen LogP contribution in [0.2, 0.25) is 0 Å². The minimum absolute atomic E-state index is 0.0789. The van der Waals surface area contributed by atoms with E-state index >= 15 is 0 Å². The Morgan fingerprint density at radius 1 is 1.69 bits per heavy atom. The Bertz CT molecular complexity index is 289. The Labute approximate surface area is 89.8 Å². The summed E-state index contributed by atoms with van der Waals surface area (Å²) in [5.74, 6) is 0. The van der Waals surface area contributed by atoms with Crippen molar-refractivity contribution in [3.63, 3.8) is 0 Å². The van der Waals surface area contributed by atoms with Gasteiger partial charge < -0.3 is 5.32 Å². The minimum atomic E-state index is -0.815. The molecule has 0 bridgehead atoms. The van der Waals surface area contributed by atoms with Crippen molar-refractivity contribution < 1.29 is 4.39 Å². The Balaban J connectivity index is 2.14. The third kappa shape index (κ3) is 2.01. The van der Waals surface area contributed by atoms with Gasteiger partial charge in [0.05, 0.1) is 15.8 Å². The molecule has 13 heavy (non-hydrogen) atoms.